The number of thioether (sulfide) groups is 1. The minimum Gasteiger partial charge on any atom is -0.444 e. The predicted octanol–water partition coefficient (Wildman–Crippen LogP) is 0.360. The summed E-state index contributed by atoms with van der Waals surface area (Å²) in [5, 5.41) is 4.43. The van der Waals surface area contributed by atoms with Crippen LogP contribution in [0.2, 0.25) is 0 Å². The van der Waals surface area contributed by atoms with E-state index < -0.39 is 10.8 Å². The average Bonchev–Trinajstić information content (AvgIpc) is 2.77. The first-order valence-corrected chi connectivity index (χ1v) is 5.57. The lowest BCUT2D eigenvalue weighted by Gasteiger charge is -2.25. The molecule has 1 saturated heterocycles. The molecule has 2 atom stereocenters. The van der Waals surface area contributed by atoms with Gasteiger partial charge in [0.1, 0.15) is 10.9 Å². The van der Waals surface area contributed by atoms with Gasteiger partial charge < -0.3 is 15.8 Å². The van der Waals surface area contributed by atoms with Gasteiger partial charge in [0.05, 0.1) is 6.54 Å². The van der Waals surface area contributed by atoms with Gasteiger partial charge in [-0.1, -0.05) is 6.08 Å². The Kier molecular flexibility index (Phi) is 2.60. The number of carbonyl (C=O) groups is 2. The second-order valence-electron chi connectivity index (χ2n) is 3.66. The van der Waals surface area contributed by atoms with E-state index in [9.17, 15) is 9.59 Å². The van der Waals surface area contributed by atoms with Gasteiger partial charge in [-0.25, -0.2) is 4.79 Å². The summed E-state index contributed by atoms with van der Waals surface area (Å²) < 4.78 is 4.37. The fourth-order valence-electron chi connectivity index (χ4n) is 1.77. The molecule has 2 aliphatic rings. The van der Waals surface area contributed by atoms with Crippen molar-refractivity contribution >= 4 is 23.8 Å². The van der Waals surface area contributed by atoms with Gasteiger partial charge in [0.2, 0.25) is 5.91 Å². The molecule has 0 radical (unpaired) electrons. The van der Waals surface area contributed by atoms with E-state index in [1.165, 1.54) is 11.8 Å². The largest absolute Gasteiger partial charge is 0.444 e. The van der Waals surface area contributed by atoms with Crippen LogP contribution < -0.4 is 11.1 Å². The molecule has 0 aromatic heterocycles. The lowest BCUT2D eigenvalue weighted by molar-refractivity contribution is -0.120. The van der Waals surface area contributed by atoms with Gasteiger partial charge >= 0.3 is 6.09 Å². The molecule has 2 aliphatic heterocycles. The van der Waals surface area contributed by atoms with Crippen molar-refractivity contribution in [3.8, 4) is 0 Å². The molecule has 6 heteroatoms. The molecular weight excluding hydrogens is 216 g/mol. The standard InChI is InChI=1S/C9H12N2O3S/c10-7(12)9(2-1-3-15-9)4-6-5-11-8(13)14-6/h1,3,6H,2,4-5H2,(H2,10,12)(H,11,13). The number of ether oxygens (including phenoxy) is 1. The lowest BCUT2D eigenvalue weighted by Crippen LogP contribution is -2.42. The minimum absolute atomic E-state index is 0.252. The van der Waals surface area contributed by atoms with Crippen LogP contribution in [0.4, 0.5) is 4.79 Å². The Balaban J connectivity index is 2.01. The smallest absolute Gasteiger partial charge is 0.407 e. The molecule has 5 nitrogen and oxygen atoms in total. The van der Waals surface area contributed by atoms with Gasteiger partial charge in [-0.3, -0.25) is 4.79 Å². The Morgan fingerprint density at radius 2 is 2.60 bits per heavy atom. The number of amides is 2. The average molecular weight is 228 g/mol. The second kappa shape index (κ2) is 3.77. The van der Waals surface area contributed by atoms with Crippen LogP contribution in [0.25, 0.3) is 0 Å². The summed E-state index contributed by atoms with van der Waals surface area (Å²) in [6.07, 6.45) is 2.33. The molecule has 0 aliphatic carbocycles. The van der Waals surface area contributed by atoms with Crippen molar-refractivity contribution in [3.05, 3.63) is 11.5 Å². The third kappa shape index (κ3) is 1.94. The van der Waals surface area contributed by atoms with Crippen molar-refractivity contribution in [2.24, 2.45) is 5.73 Å². The number of hydrogen-bond donors (Lipinski definition) is 2. The lowest BCUT2D eigenvalue weighted by atomic mass is 9.96. The van der Waals surface area contributed by atoms with Gasteiger partial charge in [0, 0.05) is 6.42 Å². The van der Waals surface area contributed by atoms with Crippen LogP contribution in [0.1, 0.15) is 12.8 Å². The Hall–Kier alpha value is -1.17. The van der Waals surface area contributed by atoms with E-state index in [2.05, 4.69) is 5.32 Å². The number of carbonyl (C=O) groups excluding carboxylic acids is 2. The molecule has 0 aromatic rings. The molecule has 2 heterocycles. The summed E-state index contributed by atoms with van der Waals surface area (Å²) in [7, 11) is 0. The molecule has 2 unspecified atom stereocenters. The highest BCUT2D eigenvalue weighted by molar-refractivity contribution is 8.04. The number of cyclic esters (lactones) is 1. The Morgan fingerprint density at radius 3 is 3.07 bits per heavy atom. The van der Waals surface area contributed by atoms with Gasteiger partial charge in [-0.2, -0.15) is 0 Å². The molecule has 82 valence electrons. The number of nitrogens with two attached hydrogens (primary N) is 1. The number of alkyl carbamates (subject to hydrolysis) is 1. The van der Waals surface area contributed by atoms with E-state index >= 15 is 0 Å². The summed E-state index contributed by atoms with van der Waals surface area (Å²) in [6, 6.07) is 0. The predicted molar refractivity (Wildman–Crippen MR) is 56.2 cm³/mol. The number of allylic oxidation sites excluding steroid dienone is 1. The molecular formula is C9H12N2O3S. The first-order chi connectivity index (χ1) is 7.12. The van der Waals surface area contributed by atoms with E-state index in [1.54, 1.807) is 0 Å². The van der Waals surface area contributed by atoms with Crippen LogP contribution in [-0.2, 0) is 9.53 Å². The highest BCUT2D eigenvalue weighted by Crippen LogP contribution is 2.40. The summed E-state index contributed by atoms with van der Waals surface area (Å²) in [4.78, 5) is 22.2. The van der Waals surface area contributed by atoms with Crippen molar-refractivity contribution in [2.45, 2.75) is 23.7 Å². The van der Waals surface area contributed by atoms with E-state index in [0.29, 0.717) is 19.4 Å². The van der Waals surface area contributed by atoms with Gasteiger partial charge in [-0.15, -0.1) is 11.8 Å². The Morgan fingerprint density at radius 1 is 1.80 bits per heavy atom. The second-order valence-corrected chi connectivity index (χ2v) is 4.95. The van der Waals surface area contributed by atoms with Crippen molar-refractivity contribution in [1.82, 2.24) is 5.32 Å². The van der Waals surface area contributed by atoms with Crippen LogP contribution >= 0.6 is 11.8 Å². The number of primary amides is 1. The number of nitrogens with one attached hydrogen (secondary N) is 1. The zero-order valence-electron chi connectivity index (χ0n) is 8.06. The van der Waals surface area contributed by atoms with Gasteiger partial charge in [-0.05, 0) is 11.8 Å². The van der Waals surface area contributed by atoms with Crippen molar-refractivity contribution in [2.75, 3.05) is 6.54 Å². The molecule has 3 N–H and O–H groups in total. The fraction of sp³-hybridized carbons (Fsp3) is 0.556. The third-order valence-electron chi connectivity index (χ3n) is 2.59. The zero-order chi connectivity index (χ0) is 10.9. The maximum absolute atomic E-state index is 11.4. The minimum atomic E-state index is -0.628. The van der Waals surface area contributed by atoms with Gasteiger partial charge in [0.25, 0.3) is 0 Å². The van der Waals surface area contributed by atoms with E-state index in [0.717, 1.165) is 0 Å². The van der Waals surface area contributed by atoms with Crippen molar-refractivity contribution in [1.29, 1.82) is 0 Å². The normalized spacial score (nSPS) is 33.9. The van der Waals surface area contributed by atoms with Crippen LogP contribution in [0.5, 0.6) is 0 Å². The van der Waals surface area contributed by atoms with Crippen molar-refractivity contribution in [3.63, 3.8) is 0 Å². The molecule has 0 saturated carbocycles. The SMILES string of the molecule is NC(=O)C1(CC2CNC(=O)O2)CC=CS1. The zero-order valence-corrected chi connectivity index (χ0v) is 8.88. The highest BCUT2D eigenvalue weighted by Gasteiger charge is 2.42. The highest BCUT2D eigenvalue weighted by atomic mass is 32.2. The summed E-state index contributed by atoms with van der Waals surface area (Å²) in [5.74, 6) is -0.347. The van der Waals surface area contributed by atoms with Gasteiger partial charge in [0.15, 0.2) is 0 Å². The maximum Gasteiger partial charge on any atom is 0.407 e. The fourth-order valence-corrected chi connectivity index (χ4v) is 2.81. The van der Waals surface area contributed by atoms with Crippen molar-refractivity contribution < 1.29 is 14.3 Å². The molecule has 0 bridgehead atoms. The topological polar surface area (TPSA) is 81.4 Å². The third-order valence-corrected chi connectivity index (χ3v) is 3.91. The molecule has 2 rings (SSSR count). The molecule has 15 heavy (non-hydrogen) atoms. The molecule has 0 aromatic carbocycles. The van der Waals surface area contributed by atoms with Crippen LogP contribution in [0.15, 0.2) is 11.5 Å². The first-order valence-electron chi connectivity index (χ1n) is 4.70. The van der Waals surface area contributed by atoms with Crippen LogP contribution in [0.3, 0.4) is 0 Å². The monoisotopic (exact) mass is 228 g/mol. The van der Waals surface area contributed by atoms with Crippen LogP contribution in [-0.4, -0.2) is 29.4 Å². The first kappa shape index (κ1) is 10.4. The van der Waals surface area contributed by atoms with E-state index in [-0.39, 0.29) is 12.0 Å². The van der Waals surface area contributed by atoms with E-state index in [4.69, 9.17) is 10.5 Å². The van der Waals surface area contributed by atoms with Crippen LogP contribution in [0, 0.1) is 0 Å². The summed E-state index contributed by atoms with van der Waals surface area (Å²) in [5.41, 5.74) is 5.38. The summed E-state index contributed by atoms with van der Waals surface area (Å²) >= 11 is 1.41. The molecule has 2 amide bonds. The quantitative estimate of drug-likeness (QED) is 0.730. The molecule has 1 fully saturated rings. The Bertz CT molecular complexity index is 321. The maximum atomic E-state index is 11.4. The summed E-state index contributed by atoms with van der Waals surface area (Å²) in [6.45, 7) is 0.453. The number of rotatable bonds is 3. The Labute approximate surface area is 91.4 Å². The van der Waals surface area contributed by atoms with E-state index in [1.807, 2.05) is 11.5 Å². The number of hydrogen-bond acceptors (Lipinski definition) is 4. The molecule has 0 spiro atoms.